The van der Waals surface area contributed by atoms with Crippen molar-refractivity contribution in [2.75, 3.05) is 40.3 Å². The van der Waals surface area contributed by atoms with Gasteiger partial charge < -0.3 is 15.0 Å². The zero-order valence-electron chi connectivity index (χ0n) is 18.0. The number of benzene rings is 1. The van der Waals surface area contributed by atoms with E-state index in [1.54, 1.807) is 0 Å². The van der Waals surface area contributed by atoms with Crippen molar-refractivity contribution in [1.29, 1.82) is 0 Å². The highest BCUT2D eigenvalue weighted by Gasteiger charge is 2.50. The fraction of sp³-hybridized carbons (Fsp3) is 0.542. The van der Waals surface area contributed by atoms with Gasteiger partial charge in [0, 0.05) is 56.3 Å². The van der Waals surface area contributed by atoms with Gasteiger partial charge in [0.25, 0.3) is 0 Å². The summed E-state index contributed by atoms with van der Waals surface area (Å²) in [6.07, 6.45) is 5.65. The Balaban J connectivity index is 0.00000218. The van der Waals surface area contributed by atoms with E-state index in [1.165, 1.54) is 29.7 Å². The maximum atomic E-state index is 6.58. The summed E-state index contributed by atoms with van der Waals surface area (Å²) in [7, 11) is 4.32. The van der Waals surface area contributed by atoms with Gasteiger partial charge in [0.1, 0.15) is 5.75 Å². The molecule has 0 amide bonds. The second-order valence-corrected chi connectivity index (χ2v) is 9.41. The standard InChI is InChI=1S/C24H32N4O.ClH/c1-27(2)15-21-23-20(9-11-28(21)14-18-6-4-3-5-7-18)26-10-8-22(23)29-19-12-24(13-19)16-25-17-24;/h3-8,10,19,21,25H,9,11-17H2,1-2H3;1H. The van der Waals surface area contributed by atoms with Crippen molar-refractivity contribution < 1.29 is 4.74 Å². The molecular formula is C24H33ClN4O. The second kappa shape index (κ2) is 8.83. The first-order valence-corrected chi connectivity index (χ1v) is 10.9. The average Bonchev–Trinajstić information content (AvgIpc) is 2.65. The lowest BCUT2D eigenvalue weighted by molar-refractivity contribution is -0.0506. The molecule has 0 bridgehead atoms. The number of pyridine rings is 1. The SMILES string of the molecule is CN(C)CC1c2c(OC3CC4(CNC4)C3)ccnc2CCN1Cc1ccccc1.Cl. The third kappa shape index (κ3) is 4.22. The summed E-state index contributed by atoms with van der Waals surface area (Å²) in [6.45, 7) is 5.30. The molecule has 5 rings (SSSR count). The van der Waals surface area contributed by atoms with Crippen molar-refractivity contribution in [3.63, 3.8) is 0 Å². The van der Waals surface area contributed by atoms with Gasteiger partial charge in [-0.1, -0.05) is 30.3 Å². The Morgan fingerprint density at radius 1 is 1.17 bits per heavy atom. The van der Waals surface area contributed by atoms with Crippen LogP contribution in [0.5, 0.6) is 5.75 Å². The number of aromatic nitrogens is 1. The van der Waals surface area contributed by atoms with Crippen LogP contribution in [0, 0.1) is 5.41 Å². The maximum Gasteiger partial charge on any atom is 0.127 e. The fourth-order valence-electron chi connectivity index (χ4n) is 5.24. The van der Waals surface area contributed by atoms with Crippen LogP contribution in [-0.2, 0) is 13.0 Å². The Bertz CT molecular complexity index is 848. The molecule has 30 heavy (non-hydrogen) atoms. The van der Waals surface area contributed by atoms with Crippen LogP contribution in [-0.4, -0.2) is 61.2 Å². The molecule has 2 aromatic rings. The van der Waals surface area contributed by atoms with Gasteiger partial charge in [-0.25, -0.2) is 0 Å². The average molecular weight is 429 g/mol. The highest BCUT2D eigenvalue weighted by molar-refractivity contribution is 5.85. The van der Waals surface area contributed by atoms with Crippen LogP contribution < -0.4 is 10.1 Å². The largest absolute Gasteiger partial charge is 0.490 e. The fourth-order valence-corrected chi connectivity index (χ4v) is 5.24. The number of hydrogen-bond donors (Lipinski definition) is 1. The number of rotatable bonds is 6. The Hall–Kier alpha value is -1.66. The summed E-state index contributed by atoms with van der Waals surface area (Å²) in [5.74, 6) is 1.06. The van der Waals surface area contributed by atoms with Gasteiger partial charge in [0.2, 0.25) is 0 Å². The van der Waals surface area contributed by atoms with E-state index in [4.69, 9.17) is 9.72 Å². The lowest BCUT2D eigenvalue weighted by atomic mass is 9.63. The van der Waals surface area contributed by atoms with E-state index in [9.17, 15) is 0 Å². The molecule has 1 saturated heterocycles. The molecule has 1 aromatic carbocycles. The second-order valence-electron chi connectivity index (χ2n) is 9.41. The number of nitrogens with zero attached hydrogens (tertiary/aromatic N) is 3. The van der Waals surface area contributed by atoms with Crippen LogP contribution in [0.2, 0.25) is 0 Å². The number of halogens is 1. The highest BCUT2D eigenvalue weighted by atomic mass is 35.5. The molecule has 6 heteroatoms. The molecule has 162 valence electrons. The van der Waals surface area contributed by atoms with Crippen LogP contribution in [0.15, 0.2) is 42.6 Å². The number of hydrogen-bond acceptors (Lipinski definition) is 5. The lowest BCUT2D eigenvalue weighted by Crippen LogP contribution is -2.62. The summed E-state index contributed by atoms with van der Waals surface area (Å²) >= 11 is 0. The van der Waals surface area contributed by atoms with Gasteiger partial charge in [-0.05, 0) is 38.6 Å². The van der Waals surface area contributed by atoms with E-state index >= 15 is 0 Å². The van der Waals surface area contributed by atoms with E-state index in [2.05, 4.69) is 65.6 Å². The molecule has 2 fully saturated rings. The zero-order valence-corrected chi connectivity index (χ0v) is 18.8. The molecule has 1 unspecified atom stereocenters. The Kier molecular flexibility index (Phi) is 6.35. The monoisotopic (exact) mass is 428 g/mol. The van der Waals surface area contributed by atoms with Gasteiger partial charge in [-0.15, -0.1) is 12.4 Å². The normalized spacial score (nSPS) is 22.7. The Labute approximate surface area is 186 Å². The minimum Gasteiger partial charge on any atom is -0.490 e. The van der Waals surface area contributed by atoms with Gasteiger partial charge in [-0.2, -0.15) is 0 Å². The quantitative estimate of drug-likeness (QED) is 0.764. The summed E-state index contributed by atoms with van der Waals surface area (Å²) in [4.78, 5) is 9.64. The molecular weight excluding hydrogens is 396 g/mol. The van der Waals surface area contributed by atoms with Gasteiger partial charge >= 0.3 is 0 Å². The Morgan fingerprint density at radius 2 is 1.93 bits per heavy atom. The minimum absolute atomic E-state index is 0. The number of likely N-dealkylation sites (N-methyl/N-ethyl adjacent to an activating group) is 1. The molecule has 3 aliphatic rings. The van der Waals surface area contributed by atoms with E-state index in [-0.39, 0.29) is 12.4 Å². The highest BCUT2D eigenvalue weighted by Crippen LogP contribution is 2.47. The third-order valence-corrected chi connectivity index (χ3v) is 6.82. The van der Waals surface area contributed by atoms with E-state index < -0.39 is 0 Å². The van der Waals surface area contributed by atoms with Crippen LogP contribution in [0.3, 0.4) is 0 Å². The molecule has 1 N–H and O–H groups in total. The first-order valence-electron chi connectivity index (χ1n) is 10.9. The van der Waals surface area contributed by atoms with Gasteiger partial charge in [0.15, 0.2) is 0 Å². The molecule has 3 heterocycles. The Morgan fingerprint density at radius 3 is 2.60 bits per heavy atom. The predicted octanol–water partition coefficient (Wildman–Crippen LogP) is 3.30. The molecule has 2 aliphatic heterocycles. The first kappa shape index (κ1) is 21.6. The molecule has 1 aromatic heterocycles. The van der Waals surface area contributed by atoms with Crippen LogP contribution >= 0.6 is 12.4 Å². The van der Waals surface area contributed by atoms with Crippen LogP contribution in [0.25, 0.3) is 0 Å². The van der Waals surface area contributed by atoms with E-state index in [1.807, 2.05) is 6.20 Å². The zero-order chi connectivity index (χ0) is 19.8. The number of ether oxygens (including phenoxy) is 1. The third-order valence-electron chi connectivity index (χ3n) is 6.82. The molecule has 1 saturated carbocycles. The van der Waals surface area contributed by atoms with Crippen molar-refractivity contribution in [2.24, 2.45) is 5.41 Å². The maximum absolute atomic E-state index is 6.58. The van der Waals surface area contributed by atoms with E-state index in [0.717, 1.165) is 44.9 Å². The number of fused-ring (bicyclic) bond motifs is 1. The predicted molar refractivity (Wildman–Crippen MR) is 122 cm³/mol. The van der Waals surface area contributed by atoms with Crippen molar-refractivity contribution in [1.82, 2.24) is 20.1 Å². The van der Waals surface area contributed by atoms with Crippen molar-refractivity contribution in [3.05, 3.63) is 59.4 Å². The van der Waals surface area contributed by atoms with Gasteiger partial charge in [-0.3, -0.25) is 9.88 Å². The summed E-state index contributed by atoms with van der Waals surface area (Å²) in [6, 6.07) is 13.2. The van der Waals surface area contributed by atoms with Gasteiger partial charge in [0.05, 0.1) is 17.8 Å². The first-order chi connectivity index (χ1) is 14.1. The number of nitrogens with one attached hydrogen (secondary N) is 1. The minimum atomic E-state index is 0. The van der Waals surface area contributed by atoms with Crippen molar-refractivity contribution in [2.45, 2.75) is 38.0 Å². The lowest BCUT2D eigenvalue weighted by Gasteiger charge is -2.54. The molecule has 1 aliphatic carbocycles. The molecule has 1 spiro atoms. The molecule has 0 radical (unpaired) electrons. The summed E-state index contributed by atoms with van der Waals surface area (Å²) in [5.41, 5.74) is 4.43. The smallest absolute Gasteiger partial charge is 0.127 e. The van der Waals surface area contributed by atoms with Crippen molar-refractivity contribution in [3.8, 4) is 5.75 Å². The summed E-state index contributed by atoms with van der Waals surface area (Å²) in [5, 5.41) is 3.42. The van der Waals surface area contributed by atoms with E-state index in [0.29, 0.717) is 17.6 Å². The van der Waals surface area contributed by atoms with Crippen molar-refractivity contribution >= 4 is 12.4 Å². The topological polar surface area (TPSA) is 40.6 Å². The molecule has 1 atom stereocenters. The van der Waals surface area contributed by atoms with Crippen LogP contribution in [0.1, 0.15) is 35.7 Å². The summed E-state index contributed by atoms with van der Waals surface area (Å²) < 4.78 is 6.58. The molecule has 5 nitrogen and oxygen atoms in total. The van der Waals surface area contributed by atoms with Crippen LogP contribution in [0.4, 0.5) is 0 Å².